The van der Waals surface area contributed by atoms with E-state index >= 15 is 0 Å². The van der Waals surface area contributed by atoms with E-state index < -0.39 is 5.60 Å². The SMILES string of the molecule is CN(C)C(=NCC1CCCN(C(=O)OC(C)(C)C)C1)N(C)C.I. The van der Waals surface area contributed by atoms with Gasteiger partial charge in [-0.25, -0.2) is 4.79 Å². The van der Waals surface area contributed by atoms with E-state index in [2.05, 4.69) is 0 Å². The molecule has 1 aliphatic heterocycles. The van der Waals surface area contributed by atoms with E-state index in [0.29, 0.717) is 5.92 Å². The Balaban J connectivity index is 0.00000484. The van der Waals surface area contributed by atoms with Crippen molar-refractivity contribution in [3.63, 3.8) is 0 Å². The fraction of sp³-hybridized carbons (Fsp3) is 0.875. The van der Waals surface area contributed by atoms with Crippen LogP contribution in [-0.2, 0) is 4.74 Å². The summed E-state index contributed by atoms with van der Waals surface area (Å²) in [6.45, 7) is 7.95. The van der Waals surface area contributed by atoms with Crippen molar-refractivity contribution in [2.75, 3.05) is 47.8 Å². The van der Waals surface area contributed by atoms with Gasteiger partial charge in [0.1, 0.15) is 5.60 Å². The zero-order valence-electron chi connectivity index (χ0n) is 15.6. The summed E-state index contributed by atoms with van der Waals surface area (Å²) in [7, 11) is 7.97. The molecule has 1 saturated heterocycles. The lowest BCUT2D eigenvalue weighted by Gasteiger charge is -2.34. The Labute approximate surface area is 158 Å². The van der Waals surface area contributed by atoms with Crippen molar-refractivity contribution in [2.45, 2.75) is 39.2 Å². The van der Waals surface area contributed by atoms with Gasteiger partial charge in [-0.05, 0) is 39.5 Å². The van der Waals surface area contributed by atoms with E-state index in [1.165, 1.54) is 0 Å². The molecule has 1 atom stereocenters. The second-order valence-corrected chi connectivity index (χ2v) is 7.36. The number of halogens is 1. The number of piperidine rings is 1. The molecular weight excluding hydrogens is 407 g/mol. The molecule has 0 spiro atoms. The minimum Gasteiger partial charge on any atom is -0.444 e. The van der Waals surface area contributed by atoms with Gasteiger partial charge < -0.3 is 19.4 Å². The number of rotatable bonds is 2. The molecule has 1 aliphatic rings. The van der Waals surface area contributed by atoms with Crippen LogP contribution in [0, 0.1) is 5.92 Å². The van der Waals surface area contributed by atoms with Gasteiger partial charge in [0.15, 0.2) is 5.96 Å². The maximum absolute atomic E-state index is 12.2. The van der Waals surface area contributed by atoms with E-state index in [1.54, 1.807) is 0 Å². The Hall–Kier alpha value is -0.730. The smallest absolute Gasteiger partial charge is 0.410 e. The Morgan fingerprint density at radius 2 is 1.78 bits per heavy atom. The first kappa shape index (κ1) is 22.3. The normalized spacial score (nSPS) is 17.9. The van der Waals surface area contributed by atoms with Crippen molar-refractivity contribution in [3.8, 4) is 0 Å². The van der Waals surface area contributed by atoms with E-state index in [-0.39, 0.29) is 30.1 Å². The highest BCUT2D eigenvalue weighted by molar-refractivity contribution is 14.0. The Kier molecular flexibility index (Phi) is 9.24. The molecule has 0 N–H and O–H groups in total. The topological polar surface area (TPSA) is 48.4 Å². The lowest BCUT2D eigenvalue weighted by molar-refractivity contribution is 0.0170. The van der Waals surface area contributed by atoms with Crippen LogP contribution in [0.4, 0.5) is 4.79 Å². The minimum atomic E-state index is -0.439. The van der Waals surface area contributed by atoms with Crippen molar-refractivity contribution in [1.29, 1.82) is 0 Å². The third-order valence-corrected chi connectivity index (χ3v) is 3.46. The molecule has 6 nitrogen and oxygen atoms in total. The van der Waals surface area contributed by atoms with E-state index in [9.17, 15) is 4.79 Å². The highest BCUT2D eigenvalue weighted by Crippen LogP contribution is 2.19. The number of nitrogens with zero attached hydrogens (tertiary/aromatic N) is 4. The lowest BCUT2D eigenvalue weighted by Crippen LogP contribution is -2.44. The average Bonchev–Trinajstić information content (AvgIpc) is 2.36. The third kappa shape index (κ3) is 8.08. The first-order valence-electron chi connectivity index (χ1n) is 7.97. The fourth-order valence-electron chi connectivity index (χ4n) is 2.60. The zero-order chi connectivity index (χ0) is 16.9. The summed E-state index contributed by atoms with van der Waals surface area (Å²) >= 11 is 0. The first-order valence-corrected chi connectivity index (χ1v) is 7.97. The lowest BCUT2D eigenvalue weighted by atomic mass is 9.98. The van der Waals surface area contributed by atoms with Crippen LogP contribution in [0.15, 0.2) is 4.99 Å². The Morgan fingerprint density at radius 1 is 1.22 bits per heavy atom. The number of ether oxygens (including phenoxy) is 1. The predicted molar refractivity (Wildman–Crippen MR) is 106 cm³/mol. The number of guanidine groups is 1. The second-order valence-electron chi connectivity index (χ2n) is 7.36. The maximum atomic E-state index is 12.2. The standard InChI is InChI=1S/C16H32N4O2.HI/c1-16(2,3)22-15(21)20-10-8-9-13(12-20)11-17-14(18(4)5)19(6)7;/h13H,8-12H2,1-7H3;1H. The molecule has 1 unspecified atom stereocenters. The summed E-state index contributed by atoms with van der Waals surface area (Å²) in [5.41, 5.74) is -0.439. The van der Waals surface area contributed by atoms with Gasteiger partial charge in [-0.3, -0.25) is 4.99 Å². The molecule has 0 aromatic rings. The van der Waals surface area contributed by atoms with Gasteiger partial charge in [0.05, 0.1) is 0 Å². The van der Waals surface area contributed by atoms with Crippen LogP contribution in [0.5, 0.6) is 0 Å². The third-order valence-electron chi connectivity index (χ3n) is 3.46. The number of hydrogen-bond acceptors (Lipinski definition) is 3. The van der Waals surface area contributed by atoms with Crippen LogP contribution in [0.3, 0.4) is 0 Å². The van der Waals surface area contributed by atoms with E-state index in [4.69, 9.17) is 9.73 Å². The van der Waals surface area contributed by atoms with Crippen LogP contribution >= 0.6 is 24.0 Å². The fourth-order valence-corrected chi connectivity index (χ4v) is 2.60. The first-order chi connectivity index (χ1) is 10.1. The van der Waals surface area contributed by atoms with E-state index in [0.717, 1.165) is 38.4 Å². The van der Waals surface area contributed by atoms with Crippen molar-refractivity contribution < 1.29 is 9.53 Å². The second kappa shape index (κ2) is 9.54. The molecule has 7 heteroatoms. The number of aliphatic imine (C=N–C) groups is 1. The molecule has 23 heavy (non-hydrogen) atoms. The highest BCUT2D eigenvalue weighted by atomic mass is 127. The zero-order valence-corrected chi connectivity index (χ0v) is 18.0. The molecule has 1 amide bonds. The maximum Gasteiger partial charge on any atom is 0.410 e. The van der Waals surface area contributed by atoms with Crippen LogP contribution in [-0.4, -0.2) is 80.2 Å². The number of hydrogen-bond donors (Lipinski definition) is 0. The summed E-state index contributed by atoms with van der Waals surface area (Å²) in [6.07, 6.45) is 1.91. The summed E-state index contributed by atoms with van der Waals surface area (Å²) in [6, 6.07) is 0. The summed E-state index contributed by atoms with van der Waals surface area (Å²) in [5.74, 6) is 1.35. The number of likely N-dealkylation sites (tertiary alicyclic amines) is 1. The monoisotopic (exact) mass is 440 g/mol. The van der Waals surface area contributed by atoms with Crippen molar-refractivity contribution in [1.82, 2.24) is 14.7 Å². The van der Waals surface area contributed by atoms with Gasteiger partial charge in [-0.1, -0.05) is 0 Å². The van der Waals surface area contributed by atoms with Crippen LogP contribution in [0.2, 0.25) is 0 Å². The molecular formula is C16H33IN4O2. The Bertz CT molecular complexity index is 395. The quantitative estimate of drug-likeness (QED) is 0.377. The molecule has 1 heterocycles. The van der Waals surface area contributed by atoms with Crippen LogP contribution in [0.25, 0.3) is 0 Å². The minimum absolute atomic E-state index is 0. The van der Waals surface area contributed by atoms with Gasteiger partial charge in [-0.15, -0.1) is 24.0 Å². The summed E-state index contributed by atoms with van der Waals surface area (Å²) in [5, 5.41) is 0. The van der Waals surface area contributed by atoms with Crippen molar-refractivity contribution in [3.05, 3.63) is 0 Å². The summed E-state index contributed by atoms with van der Waals surface area (Å²) < 4.78 is 5.46. The average molecular weight is 440 g/mol. The largest absolute Gasteiger partial charge is 0.444 e. The predicted octanol–water partition coefficient (Wildman–Crippen LogP) is 2.73. The Morgan fingerprint density at radius 3 is 2.26 bits per heavy atom. The van der Waals surface area contributed by atoms with Crippen molar-refractivity contribution in [2.24, 2.45) is 10.9 Å². The van der Waals surface area contributed by atoms with Gasteiger partial charge >= 0.3 is 6.09 Å². The number of amides is 1. The molecule has 0 aliphatic carbocycles. The highest BCUT2D eigenvalue weighted by Gasteiger charge is 2.27. The van der Waals surface area contributed by atoms with Gasteiger partial charge in [0, 0.05) is 47.8 Å². The van der Waals surface area contributed by atoms with Crippen LogP contribution < -0.4 is 0 Å². The van der Waals surface area contributed by atoms with Gasteiger partial charge in [-0.2, -0.15) is 0 Å². The van der Waals surface area contributed by atoms with Crippen LogP contribution in [0.1, 0.15) is 33.6 Å². The molecule has 0 bridgehead atoms. The molecule has 0 saturated carbocycles. The van der Waals surface area contributed by atoms with Crippen molar-refractivity contribution >= 4 is 36.0 Å². The summed E-state index contributed by atoms with van der Waals surface area (Å²) in [4.78, 5) is 22.7. The molecule has 0 radical (unpaired) electrons. The number of carbonyl (C=O) groups is 1. The molecule has 1 rings (SSSR count). The number of carbonyl (C=O) groups excluding carboxylic acids is 1. The molecule has 136 valence electrons. The molecule has 0 aromatic heterocycles. The molecule has 0 aromatic carbocycles. The van der Waals surface area contributed by atoms with E-state index in [1.807, 2.05) is 63.7 Å². The molecule has 1 fully saturated rings. The van der Waals surface area contributed by atoms with Gasteiger partial charge in [0.25, 0.3) is 0 Å². The van der Waals surface area contributed by atoms with Gasteiger partial charge in [0.2, 0.25) is 0 Å².